The smallest absolute Gasteiger partial charge is 0.259 e. The van der Waals surface area contributed by atoms with Gasteiger partial charge in [-0.25, -0.2) is 4.39 Å². The zero-order chi connectivity index (χ0) is 13.8. The number of rotatable bonds is 3. The average Bonchev–Trinajstić information content (AvgIpc) is 2.39. The SMILES string of the molecule is CSc1ccc(NC(=O)c2c(F)cccc2Br)cc1. The third-order valence-electron chi connectivity index (χ3n) is 2.54. The number of nitrogens with one attached hydrogen (secondary N) is 1. The summed E-state index contributed by atoms with van der Waals surface area (Å²) in [6, 6.07) is 11.8. The molecule has 0 unspecified atom stereocenters. The van der Waals surface area contributed by atoms with Gasteiger partial charge in [-0.15, -0.1) is 11.8 Å². The number of benzene rings is 2. The lowest BCUT2D eigenvalue weighted by molar-refractivity contribution is 0.102. The second-order valence-electron chi connectivity index (χ2n) is 3.78. The Morgan fingerprint density at radius 3 is 2.47 bits per heavy atom. The molecular formula is C14H11BrFNOS. The van der Waals surface area contributed by atoms with Crippen LogP contribution in [0.3, 0.4) is 0 Å². The summed E-state index contributed by atoms with van der Waals surface area (Å²) in [5.41, 5.74) is 0.648. The molecule has 0 bridgehead atoms. The quantitative estimate of drug-likeness (QED) is 0.830. The summed E-state index contributed by atoms with van der Waals surface area (Å²) in [4.78, 5) is 13.1. The predicted octanol–water partition coefficient (Wildman–Crippen LogP) is 4.56. The zero-order valence-corrected chi connectivity index (χ0v) is 12.5. The first-order chi connectivity index (χ1) is 9.11. The van der Waals surface area contributed by atoms with Crippen molar-refractivity contribution in [2.45, 2.75) is 4.90 Å². The molecule has 0 aliphatic heterocycles. The third kappa shape index (κ3) is 3.36. The van der Waals surface area contributed by atoms with Crippen LogP contribution in [0.25, 0.3) is 0 Å². The lowest BCUT2D eigenvalue weighted by Crippen LogP contribution is -2.14. The number of anilines is 1. The Morgan fingerprint density at radius 1 is 1.21 bits per heavy atom. The van der Waals surface area contributed by atoms with E-state index in [-0.39, 0.29) is 5.56 Å². The highest BCUT2D eigenvalue weighted by molar-refractivity contribution is 9.10. The second-order valence-corrected chi connectivity index (χ2v) is 5.51. The van der Waals surface area contributed by atoms with E-state index in [1.807, 2.05) is 18.4 Å². The summed E-state index contributed by atoms with van der Waals surface area (Å²) in [7, 11) is 0. The maximum absolute atomic E-state index is 13.6. The number of thioether (sulfide) groups is 1. The molecule has 2 aromatic rings. The molecule has 2 aromatic carbocycles. The number of hydrogen-bond acceptors (Lipinski definition) is 2. The van der Waals surface area contributed by atoms with Gasteiger partial charge in [-0.1, -0.05) is 6.07 Å². The third-order valence-corrected chi connectivity index (χ3v) is 3.94. The van der Waals surface area contributed by atoms with E-state index in [1.54, 1.807) is 36.0 Å². The molecule has 0 fully saturated rings. The monoisotopic (exact) mass is 339 g/mol. The average molecular weight is 340 g/mol. The summed E-state index contributed by atoms with van der Waals surface area (Å²) in [5, 5.41) is 2.67. The molecular weight excluding hydrogens is 329 g/mol. The minimum Gasteiger partial charge on any atom is -0.322 e. The first-order valence-electron chi connectivity index (χ1n) is 5.51. The molecule has 0 radical (unpaired) electrons. The van der Waals surface area contributed by atoms with E-state index in [0.717, 1.165) is 4.90 Å². The van der Waals surface area contributed by atoms with Crippen molar-refractivity contribution < 1.29 is 9.18 Å². The largest absolute Gasteiger partial charge is 0.322 e. The van der Waals surface area contributed by atoms with E-state index in [0.29, 0.717) is 10.2 Å². The number of amides is 1. The van der Waals surface area contributed by atoms with Crippen LogP contribution in [0.5, 0.6) is 0 Å². The molecule has 5 heteroatoms. The summed E-state index contributed by atoms with van der Waals surface area (Å²) >= 11 is 4.80. The molecule has 0 aliphatic rings. The molecule has 2 rings (SSSR count). The van der Waals surface area contributed by atoms with Crippen molar-refractivity contribution >= 4 is 39.3 Å². The van der Waals surface area contributed by atoms with Crippen molar-refractivity contribution in [2.75, 3.05) is 11.6 Å². The fourth-order valence-electron chi connectivity index (χ4n) is 1.58. The summed E-state index contributed by atoms with van der Waals surface area (Å²) < 4.78 is 14.1. The fraction of sp³-hybridized carbons (Fsp3) is 0.0714. The van der Waals surface area contributed by atoms with E-state index in [4.69, 9.17) is 0 Å². The summed E-state index contributed by atoms with van der Waals surface area (Å²) in [6.45, 7) is 0. The van der Waals surface area contributed by atoms with Gasteiger partial charge in [-0.3, -0.25) is 4.79 Å². The van der Waals surface area contributed by atoms with Gasteiger partial charge in [0.15, 0.2) is 0 Å². The van der Waals surface area contributed by atoms with Crippen molar-refractivity contribution in [1.82, 2.24) is 0 Å². The molecule has 0 saturated carbocycles. The Kier molecular flexibility index (Phi) is 4.61. The molecule has 0 spiro atoms. The molecule has 0 saturated heterocycles. The normalized spacial score (nSPS) is 10.3. The number of hydrogen-bond donors (Lipinski definition) is 1. The van der Waals surface area contributed by atoms with Gasteiger partial charge in [0, 0.05) is 15.1 Å². The lowest BCUT2D eigenvalue weighted by atomic mass is 10.2. The second kappa shape index (κ2) is 6.21. The Labute approximate surface area is 123 Å². The van der Waals surface area contributed by atoms with Gasteiger partial charge in [0.05, 0.1) is 5.56 Å². The minimum atomic E-state index is -0.549. The van der Waals surface area contributed by atoms with Crippen LogP contribution in [0, 0.1) is 5.82 Å². The van der Waals surface area contributed by atoms with Crippen LogP contribution in [-0.4, -0.2) is 12.2 Å². The maximum atomic E-state index is 13.6. The molecule has 0 aliphatic carbocycles. The fourth-order valence-corrected chi connectivity index (χ4v) is 2.51. The highest BCUT2D eigenvalue weighted by atomic mass is 79.9. The van der Waals surface area contributed by atoms with Crippen LogP contribution in [0.4, 0.5) is 10.1 Å². The van der Waals surface area contributed by atoms with Gasteiger partial charge in [-0.05, 0) is 58.6 Å². The van der Waals surface area contributed by atoms with E-state index in [9.17, 15) is 9.18 Å². The molecule has 0 aromatic heterocycles. The van der Waals surface area contributed by atoms with Crippen LogP contribution in [-0.2, 0) is 0 Å². The van der Waals surface area contributed by atoms with Gasteiger partial charge in [0.1, 0.15) is 5.82 Å². The molecule has 2 nitrogen and oxygen atoms in total. The maximum Gasteiger partial charge on any atom is 0.259 e. The Hall–Kier alpha value is -1.33. The van der Waals surface area contributed by atoms with Crippen molar-refractivity contribution in [3.05, 3.63) is 58.3 Å². The predicted molar refractivity (Wildman–Crippen MR) is 80.3 cm³/mol. The number of halogens is 2. The van der Waals surface area contributed by atoms with Crippen molar-refractivity contribution in [3.8, 4) is 0 Å². The van der Waals surface area contributed by atoms with Gasteiger partial charge in [0.2, 0.25) is 0 Å². The first-order valence-corrected chi connectivity index (χ1v) is 7.53. The number of carbonyl (C=O) groups excluding carboxylic acids is 1. The van der Waals surface area contributed by atoms with Crippen molar-refractivity contribution in [2.24, 2.45) is 0 Å². The number of carbonyl (C=O) groups is 1. The van der Waals surface area contributed by atoms with Crippen LogP contribution < -0.4 is 5.32 Å². The standard InChI is InChI=1S/C14H11BrFNOS/c1-19-10-7-5-9(6-8-10)17-14(18)13-11(15)3-2-4-12(13)16/h2-8H,1H3,(H,17,18). The molecule has 98 valence electrons. The molecule has 0 atom stereocenters. The Balaban J connectivity index is 2.21. The van der Waals surface area contributed by atoms with Crippen LogP contribution in [0.15, 0.2) is 51.8 Å². The van der Waals surface area contributed by atoms with E-state index in [1.165, 1.54) is 6.07 Å². The van der Waals surface area contributed by atoms with Crippen LogP contribution in [0.1, 0.15) is 10.4 Å². The summed E-state index contributed by atoms with van der Waals surface area (Å²) in [6.07, 6.45) is 1.98. The van der Waals surface area contributed by atoms with E-state index in [2.05, 4.69) is 21.2 Å². The first kappa shape index (κ1) is 14.1. The Morgan fingerprint density at radius 2 is 1.89 bits per heavy atom. The summed E-state index contributed by atoms with van der Waals surface area (Å²) in [5.74, 6) is -1.02. The molecule has 1 amide bonds. The van der Waals surface area contributed by atoms with Gasteiger partial charge in [-0.2, -0.15) is 0 Å². The van der Waals surface area contributed by atoms with E-state index < -0.39 is 11.7 Å². The van der Waals surface area contributed by atoms with Crippen molar-refractivity contribution in [3.63, 3.8) is 0 Å². The van der Waals surface area contributed by atoms with E-state index >= 15 is 0 Å². The Bertz CT molecular complexity index is 581. The molecule has 1 N–H and O–H groups in total. The molecule has 0 heterocycles. The highest BCUT2D eigenvalue weighted by Gasteiger charge is 2.15. The van der Waals surface area contributed by atoms with Crippen LogP contribution in [0.2, 0.25) is 0 Å². The van der Waals surface area contributed by atoms with Gasteiger partial charge in [0.25, 0.3) is 5.91 Å². The molecule has 19 heavy (non-hydrogen) atoms. The highest BCUT2D eigenvalue weighted by Crippen LogP contribution is 2.22. The lowest BCUT2D eigenvalue weighted by Gasteiger charge is -2.08. The minimum absolute atomic E-state index is 0.0106. The van der Waals surface area contributed by atoms with Crippen molar-refractivity contribution in [1.29, 1.82) is 0 Å². The zero-order valence-electron chi connectivity index (χ0n) is 10.1. The van der Waals surface area contributed by atoms with Gasteiger partial charge >= 0.3 is 0 Å². The topological polar surface area (TPSA) is 29.1 Å². The van der Waals surface area contributed by atoms with Crippen LogP contribution >= 0.6 is 27.7 Å². The van der Waals surface area contributed by atoms with Gasteiger partial charge < -0.3 is 5.32 Å².